The molecule has 0 aliphatic heterocycles. The maximum atomic E-state index is 2.56. The van der Waals surface area contributed by atoms with Crippen LogP contribution in [0.1, 0.15) is 55.6 Å². The third-order valence-corrected chi connectivity index (χ3v) is 18.2. The lowest BCUT2D eigenvalue weighted by molar-refractivity contribution is 1.26. The van der Waals surface area contributed by atoms with Crippen molar-refractivity contribution in [3.63, 3.8) is 0 Å². The van der Waals surface area contributed by atoms with Gasteiger partial charge in [0.2, 0.25) is 6.71 Å². The first kappa shape index (κ1) is 54.3. The van der Waals surface area contributed by atoms with Crippen LogP contribution in [0.4, 0.5) is 0 Å². The fraction of sp³-hybridized carbons (Fsp3) is 0.122. The lowest BCUT2D eigenvalue weighted by Crippen LogP contribution is -2.56. The van der Waals surface area contributed by atoms with E-state index in [9.17, 15) is 0 Å². The predicted molar refractivity (Wildman–Crippen MR) is 360 cm³/mol. The van der Waals surface area contributed by atoms with Crippen molar-refractivity contribution in [2.24, 2.45) is 0 Å². The first-order valence-electron chi connectivity index (χ1n) is 29.4. The molecule has 0 spiro atoms. The SMILES string of the molecule is Cc1cc(B(c2cc(C)c(-c3cc(-c4ccccc4)cc(-c4ccccc4)c3)c(C)c2C)c2c(C)c(C)c(-c3cc(-c4ccccc4)cc(-c4ccccc4)c3)c(C)c2C)c(C)c(C)c1-c1cc(-c2ccccc2)cc(-c2ccccc2)c1. The molecule has 402 valence electrons. The fourth-order valence-corrected chi connectivity index (χ4v) is 13.5. The summed E-state index contributed by atoms with van der Waals surface area (Å²) in [7, 11) is 0. The van der Waals surface area contributed by atoms with Gasteiger partial charge in [-0.25, -0.2) is 0 Å². The van der Waals surface area contributed by atoms with E-state index in [0.29, 0.717) is 0 Å². The van der Waals surface area contributed by atoms with Gasteiger partial charge in [-0.2, -0.15) is 0 Å². The van der Waals surface area contributed by atoms with Gasteiger partial charge < -0.3 is 0 Å². The van der Waals surface area contributed by atoms with Crippen LogP contribution in [0.2, 0.25) is 0 Å². The van der Waals surface area contributed by atoms with Crippen LogP contribution in [0.15, 0.2) is 249 Å². The van der Waals surface area contributed by atoms with Crippen molar-refractivity contribution in [2.75, 3.05) is 0 Å². The zero-order valence-electron chi connectivity index (χ0n) is 49.7. The van der Waals surface area contributed by atoms with Crippen LogP contribution in [0, 0.1) is 69.2 Å². The minimum atomic E-state index is -0.0686. The summed E-state index contributed by atoms with van der Waals surface area (Å²) in [4.78, 5) is 0. The lowest BCUT2D eigenvalue weighted by Gasteiger charge is -2.30. The van der Waals surface area contributed by atoms with E-state index in [4.69, 9.17) is 0 Å². The van der Waals surface area contributed by atoms with Crippen molar-refractivity contribution < 1.29 is 0 Å². The summed E-state index contributed by atoms with van der Waals surface area (Å²) in [6.45, 7) is 23.7. The maximum absolute atomic E-state index is 2.56. The molecule has 12 aromatic rings. The molecule has 0 heterocycles. The second kappa shape index (κ2) is 22.9. The molecule has 0 bridgehead atoms. The highest BCUT2D eigenvalue weighted by atomic mass is 14.3. The average molecular weight is 1070 g/mol. The third-order valence-electron chi connectivity index (χ3n) is 18.2. The van der Waals surface area contributed by atoms with E-state index in [1.165, 1.54) is 172 Å². The van der Waals surface area contributed by atoms with Gasteiger partial charge in [-0.1, -0.05) is 233 Å². The monoisotopic (exact) mass is 1070 g/mol. The molecular weight excluding hydrogens is 996 g/mol. The van der Waals surface area contributed by atoms with Crippen molar-refractivity contribution >= 4 is 23.1 Å². The molecule has 1 heteroatoms. The fourth-order valence-electron chi connectivity index (χ4n) is 13.5. The van der Waals surface area contributed by atoms with Gasteiger partial charge in [-0.05, 0) is 257 Å². The Kier molecular flexibility index (Phi) is 15.0. The Hall–Kier alpha value is -9.30. The summed E-state index contributed by atoms with van der Waals surface area (Å²) in [5.41, 5.74) is 39.5. The van der Waals surface area contributed by atoms with Gasteiger partial charge in [0.15, 0.2) is 0 Å². The third kappa shape index (κ3) is 10.4. The van der Waals surface area contributed by atoms with Gasteiger partial charge in [0.25, 0.3) is 0 Å². The van der Waals surface area contributed by atoms with E-state index >= 15 is 0 Å². The summed E-state index contributed by atoms with van der Waals surface area (Å²) in [5, 5.41) is 0. The molecule has 0 atom stereocenters. The van der Waals surface area contributed by atoms with Gasteiger partial charge >= 0.3 is 0 Å². The van der Waals surface area contributed by atoms with Crippen LogP contribution < -0.4 is 16.4 Å². The summed E-state index contributed by atoms with van der Waals surface area (Å²) >= 11 is 0. The van der Waals surface area contributed by atoms with Crippen LogP contribution in [0.3, 0.4) is 0 Å². The first-order valence-corrected chi connectivity index (χ1v) is 29.4. The lowest BCUT2D eigenvalue weighted by atomic mass is 9.33. The summed E-state index contributed by atoms with van der Waals surface area (Å²) in [6, 6.07) is 91.8. The quantitative estimate of drug-likeness (QED) is 0.107. The van der Waals surface area contributed by atoms with Crippen LogP contribution in [0.5, 0.6) is 0 Å². The Morgan fingerprint density at radius 2 is 0.386 bits per heavy atom. The Balaban J connectivity index is 1.09. The molecule has 83 heavy (non-hydrogen) atoms. The van der Waals surface area contributed by atoms with Crippen LogP contribution in [-0.2, 0) is 0 Å². The largest absolute Gasteiger partial charge is 0.242 e. The van der Waals surface area contributed by atoms with Crippen molar-refractivity contribution in [1.82, 2.24) is 0 Å². The second-order valence-electron chi connectivity index (χ2n) is 23.1. The van der Waals surface area contributed by atoms with Gasteiger partial charge in [0.1, 0.15) is 0 Å². The standard InChI is InChI=1S/C82H71B/c1-52-41-77(54(3)56(5)79(52)74-46-68(62-29-17-11-18-30-62)43-69(47-74)63-31-19-12-20-32-63)83(78-42-53(2)80(57(6)55(78)4)75-48-70(64-33-21-13-22-34-64)44-71(49-75)65-35-23-14-24-36-65)82-60(9)58(7)81(59(8)61(82)10)76-50-72(66-37-25-15-26-38-66)45-73(51-76)67-39-27-16-28-40-67/h11-51H,1-10H3. The predicted octanol–water partition coefficient (Wildman–Crippen LogP) is 20.3. The number of hydrogen-bond donors (Lipinski definition) is 0. The van der Waals surface area contributed by atoms with E-state index in [-0.39, 0.29) is 6.71 Å². The molecule has 0 saturated carbocycles. The highest BCUT2D eigenvalue weighted by Gasteiger charge is 2.33. The molecule has 0 radical (unpaired) electrons. The molecule has 0 N–H and O–H groups in total. The summed E-state index contributed by atoms with van der Waals surface area (Å²) in [6.07, 6.45) is 0. The van der Waals surface area contributed by atoms with Crippen LogP contribution in [-0.4, -0.2) is 6.71 Å². The molecule has 0 unspecified atom stereocenters. The first-order chi connectivity index (χ1) is 40.3. The second-order valence-corrected chi connectivity index (χ2v) is 23.1. The van der Waals surface area contributed by atoms with Gasteiger partial charge in [0, 0.05) is 0 Å². The molecule has 12 aromatic carbocycles. The molecule has 0 aliphatic rings. The molecular formula is C82H71B. The molecule has 0 nitrogen and oxygen atoms in total. The molecule has 0 saturated heterocycles. The highest BCUT2D eigenvalue weighted by molar-refractivity contribution is 6.96. The van der Waals surface area contributed by atoms with Crippen molar-refractivity contribution in [3.05, 3.63) is 304 Å². The summed E-state index contributed by atoms with van der Waals surface area (Å²) in [5.74, 6) is 0. The number of hydrogen-bond acceptors (Lipinski definition) is 0. The topological polar surface area (TPSA) is 0 Å². The zero-order chi connectivity index (χ0) is 57.5. The van der Waals surface area contributed by atoms with Crippen LogP contribution in [0.25, 0.3) is 100 Å². The highest BCUT2D eigenvalue weighted by Crippen LogP contribution is 2.41. The number of aryl methyl sites for hydroxylation is 2. The van der Waals surface area contributed by atoms with Gasteiger partial charge in [0.05, 0.1) is 0 Å². The van der Waals surface area contributed by atoms with Gasteiger partial charge in [-0.15, -0.1) is 0 Å². The Bertz CT molecular complexity index is 3970. The summed E-state index contributed by atoms with van der Waals surface area (Å²) < 4.78 is 0. The molecule has 0 amide bonds. The zero-order valence-corrected chi connectivity index (χ0v) is 49.7. The van der Waals surface area contributed by atoms with Crippen molar-refractivity contribution in [2.45, 2.75) is 69.2 Å². The molecule has 0 aliphatic carbocycles. The van der Waals surface area contributed by atoms with Crippen molar-refractivity contribution in [1.29, 1.82) is 0 Å². The Morgan fingerprint density at radius 1 is 0.181 bits per heavy atom. The molecule has 0 fully saturated rings. The maximum Gasteiger partial charge on any atom is 0.242 e. The minimum Gasteiger partial charge on any atom is -0.0652 e. The van der Waals surface area contributed by atoms with Crippen molar-refractivity contribution in [3.8, 4) is 100 Å². The Morgan fingerprint density at radius 3 is 0.627 bits per heavy atom. The van der Waals surface area contributed by atoms with E-state index in [0.717, 1.165) is 0 Å². The van der Waals surface area contributed by atoms with Gasteiger partial charge in [-0.3, -0.25) is 0 Å². The van der Waals surface area contributed by atoms with E-state index < -0.39 is 0 Å². The minimum absolute atomic E-state index is 0.0686. The Labute approximate surface area is 494 Å². The van der Waals surface area contributed by atoms with E-state index in [1.807, 2.05) is 0 Å². The van der Waals surface area contributed by atoms with Crippen LogP contribution >= 0.6 is 0 Å². The average Bonchev–Trinajstić information content (AvgIpc) is 1.92. The number of benzene rings is 12. The number of rotatable bonds is 12. The smallest absolute Gasteiger partial charge is 0.0652 e. The molecule has 0 aromatic heterocycles. The normalized spacial score (nSPS) is 11.3. The molecule has 12 rings (SSSR count). The van der Waals surface area contributed by atoms with E-state index in [1.54, 1.807) is 0 Å². The van der Waals surface area contributed by atoms with E-state index in [2.05, 4.69) is 318 Å².